The molecule has 0 unspecified atom stereocenters. The minimum absolute atomic E-state index is 0.0806. The molecule has 0 radical (unpaired) electrons. The third-order valence-corrected chi connectivity index (χ3v) is 5.36. The first-order valence-electron chi connectivity index (χ1n) is 10.3. The van der Waals surface area contributed by atoms with E-state index in [4.69, 9.17) is 0 Å². The van der Waals surface area contributed by atoms with Gasteiger partial charge in [-0.3, -0.25) is 9.78 Å². The molecule has 1 N–H and O–H groups in total. The predicted octanol–water partition coefficient (Wildman–Crippen LogP) is 4.45. The van der Waals surface area contributed by atoms with E-state index in [0.29, 0.717) is 12.1 Å². The molecular formula is C24H26N4O. The van der Waals surface area contributed by atoms with E-state index >= 15 is 0 Å². The number of anilines is 1. The van der Waals surface area contributed by atoms with Crippen molar-refractivity contribution in [3.63, 3.8) is 0 Å². The number of carbonyl (C=O) groups excluding carboxylic acids is 1. The van der Waals surface area contributed by atoms with Crippen LogP contribution in [0.3, 0.4) is 0 Å². The molecule has 4 rings (SSSR count). The highest BCUT2D eigenvalue weighted by Gasteiger charge is 2.11. The Morgan fingerprint density at radius 2 is 1.55 bits per heavy atom. The van der Waals surface area contributed by atoms with Crippen LogP contribution >= 0.6 is 0 Å². The van der Waals surface area contributed by atoms with E-state index in [9.17, 15) is 4.79 Å². The zero-order valence-corrected chi connectivity index (χ0v) is 16.6. The summed E-state index contributed by atoms with van der Waals surface area (Å²) in [7, 11) is 0. The Labute approximate surface area is 171 Å². The molecule has 1 aromatic carbocycles. The highest BCUT2D eigenvalue weighted by molar-refractivity contribution is 5.94. The second-order valence-corrected chi connectivity index (χ2v) is 7.42. The summed E-state index contributed by atoms with van der Waals surface area (Å²) >= 11 is 0. The molecule has 1 aliphatic heterocycles. The number of benzene rings is 1. The number of hydrogen-bond donors (Lipinski definition) is 1. The van der Waals surface area contributed by atoms with Crippen LogP contribution in [0.2, 0.25) is 0 Å². The molecule has 3 heterocycles. The van der Waals surface area contributed by atoms with Crippen LogP contribution in [-0.4, -0.2) is 29.0 Å². The Bertz CT molecular complexity index is 915. The summed E-state index contributed by atoms with van der Waals surface area (Å²) in [5, 5.41) is 2.94. The summed E-state index contributed by atoms with van der Waals surface area (Å²) in [4.78, 5) is 23.4. The number of rotatable bonds is 5. The monoisotopic (exact) mass is 386 g/mol. The molecule has 1 fully saturated rings. The van der Waals surface area contributed by atoms with E-state index in [1.165, 1.54) is 25.7 Å². The van der Waals surface area contributed by atoms with Crippen molar-refractivity contribution >= 4 is 11.7 Å². The van der Waals surface area contributed by atoms with Gasteiger partial charge in [0, 0.05) is 49.4 Å². The van der Waals surface area contributed by atoms with Gasteiger partial charge >= 0.3 is 0 Å². The average Bonchev–Trinajstić information content (AvgIpc) is 3.08. The highest BCUT2D eigenvalue weighted by atomic mass is 16.1. The lowest BCUT2D eigenvalue weighted by Crippen LogP contribution is -2.24. The van der Waals surface area contributed by atoms with E-state index in [1.807, 2.05) is 42.6 Å². The highest BCUT2D eigenvalue weighted by Crippen LogP contribution is 2.23. The number of hydrogen-bond acceptors (Lipinski definition) is 4. The van der Waals surface area contributed by atoms with E-state index < -0.39 is 0 Å². The topological polar surface area (TPSA) is 58.1 Å². The lowest BCUT2D eigenvalue weighted by molar-refractivity contribution is 0.0951. The van der Waals surface area contributed by atoms with Crippen molar-refractivity contribution < 1.29 is 4.79 Å². The smallest absolute Gasteiger partial charge is 0.251 e. The Hall–Kier alpha value is -3.21. The van der Waals surface area contributed by atoms with E-state index in [1.54, 1.807) is 12.4 Å². The van der Waals surface area contributed by atoms with Gasteiger partial charge in [0.05, 0.1) is 0 Å². The summed E-state index contributed by atoms with van der Waals surface area (Å²) in [6.07, 6.45) is 10.5. The Morgan fingerprint density at radius 1 is 0.862 bits per heavy atom. The molecule has 3 aromatic rings. The minimum Gasteiger partial charge on any atom is -0.357 e. The molecule has 29 heavy (non-hydrogen) atoms. The van der Waals surface area contributed by atoms with Gasteiger partial charge in [-0.05, 0) is 60.4 Å². The quantitative estimate of drug-likeness (QED) is 0.704. The SMILES string of the molecule is O=C(NCc1ccncc1)c1ccc(-c2ccc(N3CCCCCC3)nc2)cc1. The van der Waals surface area contributed by atoms with Gasteiger partial charge in [-0.1, -0.05) is 25.0 Å². The van der Waals surface area contributed by atoms with Crippen LogP contribution in [0.1, 0.15) is 41.6 Å². The van der Waals surface area contributed by atoms with Gasteiger partial charge in [0.25, 0.3) is 5.91 Å². The van der Waals surface area contributed by atoms with Gasteiger partial charge in [0.1, 0.15) is 5.82 Å². The molecular weight excluding hydrogens is 360 g/mol. The molecule has 5 heteroatoms. The molecule has 0 aliphatic carbocycles. The maximum absolute atomic E-state index is 12.4. The number of amides is 1. The maximum atomic E-state index is 12.4. The maximum Gasteiger partial charge on any atom is 0.251 e. The van der Waals surface area contributed by atoms with Crippen LogP contribution < -0.4 is 10.2 Å². The van der Waals surface area contributed by atoms with Crippen molar-refractivity contribution in [1.29, 1.82) is 0 Å². The van der Waals surface area contributed by atoms with Crippen LogP contribution in [-0.2, 0) is 6.54 Å². The van der Waals surface area contributed by atoms with Gasteiger partial charge < -0.3 is 10.2 Å². The molecule has 1 aliphatic rings. The number of nitrogens with one attached hydrogen (secondary N) is 1. The Balaban J connectivity index is 1.38. The second kappa shape index (κ2) is 9.32. The Kier molecular flexibility index (Phi) is 6.15. The summed E-state index contributed by atoms with van der Waals surface area (Å²) in [6, 6.07) is 15.7. The second-order valence-electron chi connectivity index (χ2n) is 7.42. The van der Waals surface area contributed by atoms with Crippen molar-refractivity contribution in [2.75, 3.05) is 18.0 Å². The summed E-state index contributed by atoms with van der Waals surface area (Å²) in [5.41, 5.74) is 3.80. The van der Waals surface area contributed by atoms with Crippen molar-refractivity contribution in [3.05, 3.63) is 78.2 Å². The van der Waals surface area contributed by atoms with Crippen LogP contribution in [0.4, 0.5) is 5.82 Å². The summed E-state index contributed by atoms with van der Waals surface area (Å²) < 4.78 is 0. The van der Waals surface area contributed by atoms with Crippen LogP contribution in [0.5, 0.6) is 0 Å². The van der Waals surface area contributed by atoms with Crippen LogP contribution in [0, 0.1) is 0 Å². The summed E-state index contributed by atoms with van der Waals surface area (Å²) in [5.74, 6) is 0.978. The number of aromatic nitrogens is 2. The van der Waals surface area contributed by atoms with E-state index in [2.05, 4.69) is 32.3 Å². The molecule has 0 spiro atoms. The fourth-order valence-electron chi connectivity index (χ4n) is 3.64. The van der Waals surface area contributed by atoms with Gasteiger partial charge in [-0.25, -0.2) is 4.98 Å². The van der Waals surface area contributed by atoms with Crippen molar-refractivity contribution in [2.45, 2.75) is 32.2 Å². The number of nitrogens with zero attached hydrogens (tertiary/aromatic N) is 3. The molecule has 2 aromatic heterocycles. The van der Waals surface area contributed by atoms with Gasteiger partial charge in [0.2, 0.25) is 0 Å². The normalized spacial score (nSPS) is 14.3. The van der Waals surface area contributed by atoms with Gasteiger partial charge in [-0.2, -0.15) is 0 Å². The molecule has 0 atom stereocenters. The van der Waals surface area contributed by atoms with Crippen molar-refractivity contribution in [1.82, 2.24) is 15.3 Å². The first kappa shape index (κ1) is 19.1. The molecule has 1 saturated heterocycles. The largest absolute Gasteiger partial charge is 0.357 e. The molecule has 5 nitrogen and oxygen atoms in total. The van der Waals surface area contributed by atoms with Gasteiger partial charge in [-0.15, -0.1) is 0 Å². The van der Waals surface area contributed by atoms with E-state index in [0.717, 1.165) is 35.6 Å². The lowest BCUT2D eigenvalue weighted by Gasteiger charge is -2.21. The minimum atomic E-state index is -0.0806. The zero-order chi connectivity index (χ0) is 19.9. The zero-order valence-electron chi connectivity index (χ0n) is 16.6. The standard InChI is InChI=1S/C24H26N4O/c29-24(27-17-19-11-13-25-14-12-19)21-7-5-20(6-8-21)22-9-10-23(26-18-22)28-15-3-1-2-4-16-28/h5-14,18H,1-4,15-17H2,(H,27,29). The van der Waals surface area contributed by atoms with Crippen LogP contribution in [0.15, 0.2) is 67.1 Å². The van der Waals surface area contributed by atoms with E-state index in [-0.39, 0.29) is 5.91 Å². The fraction of sp³-hybridized carbons (Fsp3) is 0.292. The molecule has 0 bridgehead atoms. The average molecular weight is 386 g/mol. The summed E-state index contributed by atoms with van der Waals surface area (Å²) in [6.45, 7) is 2.68. The third kappa shape index (κ3) is 4.99. The van der Waals surface area contributed by atoms with Crippen LogP contribution in [0.25, 0.3) is 11.1 Å². The predicted molar refractivity (Wildman–Crippen MR) is 116 cm³/mol. The number of carbonyl (C=O) groups is 1. The lowest BCUT2D eigenvalue weighted by atomic mass is 10.1. The van der Waals surface area contributed by atoms with Gasteiger partial charge in [0.15, 0.2) is 0 Å². The first-order chi connectivity index (χ1) is 14.3. The van der Waals surface area contributed by atoms with Crippen molar-refractivity contribution in [3.8, 4) is 11.1 Å². The molecule has 0 saturated carbocycles. The Morgan fingerprint density at radius 3 is 2.21 bits per heavy atom. The fourth-order valence-corrected chi connectivity index (χ4v) is 3.64. The molecule has 148 valence electrons. The first-order valence-corrected chi connectivity index (χ1v) is 10.3. The molecule has 1 amide bonds. The third-order valence-electron chi connectivity index (χ3n) is 5.36. The van der Waals surface area contributed by atoms with Crippen molar-refractivity contribution in [2.24, 2.45) is 0 Å². The number of pyridine rings is 2.